The summed E-state index contributed by atoms with van der Waals surface area (Å²) in [5, 5.41) is 2.91. The van der Waals surface area contributed by atoms with Crippen molar-refractivity contribution < 1.29 is 9.59 Å². The highest BCUT2D eigenvalue weighted by molar-refractivity contribution is 6.06. The van der Waals surface area contributed by atoms with Crippen molar-refractivity contribution in [1.29, 1.82) is 0 Å². The van der Waals surface area contributed by atoms with Crippen LogP contribution in [0.1, 0.15) is 51.6 Å². The van der Waals surface area contributed by atoms with Gasteiger partial charge in [-0.25, -0.2) is 0 Å². The molecule has 1 aliphatic rings. The molecule has 2 aromatic carbocycles. The summed E-state index contributed by atoms with van der Waals surface area (Å²) in [6.07, 6.45) is 2.08. The summed E-state index contributed by atoms with van der Waals surface area (Å²) in [7, 11) is 0. The Hall–Kier alpha value is -2.62. The Bertz CT molecular complexity index is 821. The van der Waals surface area contributed by atoms with Crippen molar-refractivity contribution in [3.8, 4) is 0 Å². The van der Waals surface area contributed by atoms with Gasteiger partial charge in [0, 0.05) is 29.9 Å². The largest absolute Gasteiger partial charge is 0.339 e. The van der Waals surface area contributed by atoms with Crippen molar-refractivity contribution in [3.63, 3.8) is 0 Å². The van der Waals surface area contributed by atoms with Crippen LogP contribution in [0.4, 0.5) is 5.69 Å². The van der Waals surface area contributed by atoms with Crippen LogP contribution in [0.25, 0.3) is 0 Å². The smallest absolute Gasteiger partial charge is 0.255 e. The zero-order chi connectivity index (χ0) is 18.7. The van der Waals surface area contributed by atoms with E-state index in [2.05, 4.69) is 12.2 Å². The number of hydrogen-bond donors (Lipinski definition) is 1. The molecule has 0 saturated carbocycles. The number of rotatable bonds is 3. The molecule has 4 nitrogen and oxygen atoms in total. The number of benzene rings is 2. The van der Waals surface area contributed by atoms with Crippen LogP contribution in [0.2, 0.25) is 0 Å². The summed E-state index contributed by atoms with van der Waals surface area (Å²) >= 11 is 0. The van der Waals surface area contributed by atoms with Gasteiger partial charge in [0.05, 0.1) is 0 Å². The molecule has 0 atom stereocenters. The molecule has 4 heteroatoms. The van der Waals surface area contributed by atoms with Crippen LogP contribution in [-0.4, -0.2) is 29.8 Å². The van der Waals surface area contributed by atoms with Gasteiger partial charge < -0.3 is 10.2 Å². The Kier molecular flexibility index (Phi) is 5.40. The molecule has 1 N–H and O–H groups in total. The zero-order valence-corrected chi connectivity index (χ0v) is 15.7. The third-order valence-corrected chi connectivity index (χ3v) is 5.21. The molecule has 0 bridgehead atoms. The van der Waals surface area contributed by atoms with Crippen molar-refractivity contribution >= 4 is 17.5 Å². The second-order valence-corrected chi connectivity index (χ2v) is 7.31. The molecule has 0 spiro atoms. The van der Waals surface area contributed by atoms with Crippen LogP contribution in [0, 0.1) is 19.8 Å². The highest BCUT2D eigenvalue weighted by atomic mass is 16.2. The summed E-state index contributed by atoms with van der Waals surface area (Å²) in [6.45, 7) is 7.86. The molecule has 1 heterocycles. The van der Waals surface area contributed by atoms with Crippen molar-refractivity contribution in [2.24, 2.45) is 5.92 Å². The Morgan fingerprint density at radius 3 is 2.35 bits per heavy atom. The lowest BCUT2D eigenvalue weighted by Gasteiger charge is -2.30. The summed E-state index contributed by atoms with van der Waals surface area (Å²) in [5.41, 5.74) is 4.16. The number of nitrogens with one attached hydrogen (secondary N) is 1. The molecule has 2 amide bonds. The molecule has 1 aliphatic heterocycles. The Morgan fingerprint density at radius 1 is 0.962 bits per heavy atom. The quantitative estimate of drug-likeness (QED) is 0.890. The maximum absolute atomic E-state index is 12.7. The predicted molar refractivity (Wildman–Crippen MR) is 105 cm³/mol. The standard InChI is InChI=1S/C22H26N2O2/c1-15-9-11-24(12-10-15)22(26)19-6-4-5-18(14-19)21(25)23-20-8-7-16(2)17(3)13-20/h4-8,13-15H,9-12H2,1-3H3,(H,23,25). The Balaban J connectivity index is 1.72. The van der Waals surface area contributed by atoms with Crippen molar-refractivity contribution in [1.82, 2.24) is 4.90 Å². The van der Waals surface area contributed by atoms with Gasteiger partial charge in [-0.05, 0) is 74.1 Å². The first kappa shape index (κ1) is 18.2. The molecule has 136 valence electrons. The fourth-order valence-electron chi connectivity index (χ4n) is 3.21. The molecular weight excluding hydrogens is 324 g/mol. The van der Waals surface area contributed by atoms with Gasteiger partial charge in [-0.15, -0.1) is 0 Å². The van der Waals surface area contributed by atoms with E-state index >= 15 is 0 Å². The molecule has 0 aliphatic carbocycles. The van der Waals surface area contributed by atoms with Crippen molar-refractivity contribution in [2.75, 3.05) is 18.4 Å². The second kappa shape index (κ2) is 7.73. The van der Waals surface area contributed by atoms with Gasteiger partial charge in [0.15, 0.2) is 0 Å². The number of aryl methyl sites for hydroxylation is 2. The molecule has 1 fully saturated rings. The van der Waals surface area contributed by atoms with Gasteiger partial charge >= 0.3 is 0 Å². The Labute approximate surface area is 155 Å². The molecule has 1 saturated heterocycles. The lowest BCUT2D eigenvalue weighted by Crippen LogP contribution is -2.38. The predicted octanol–water partition coefficient (Wildman–Crippen LogP) is 4.43. The fourth-order valence-corrected chi connectivity index (χ4v) is 3.21. The lowest BCUT2D eigenvalue weighted by molar-refractivity contribution is 0.0697. The van der Waals surface area contributed by atoms with Crippen LogP contribution >= 0.6 is 0 Å². The monoisotopic (exact) mass is 350 g/mol. The average Bonchev–Trinajstić information content (AvgIpc) is 2.65. The molecule has 2 aromatic rings. The minimum absolute atomic E-state index is 0.0118. The van der Waals surface area contributed by atoms with Crippen LogP contribution < -0.4 is 5.32 Å². The summed E-state index contributed by atoms with van der Waals surface area (Å²) in [5.74, 6) is 0.488. The topological polar surface area (TPSA) is 49.4 Å². The third kappa shape index (κ3) is 4.13. The van der Waals surface area contributed by atoms with E-state index in [9.17, 15) is 9.59 Å². The highest BCUT2D eigenvalue weighted by Crippen LogP contribution is 2.19. The number of piperidine rings is 1. The van der Waals surface area contributed by atoms with Crippen LogP contribution in [0.5, 0.6) is 0 Å². The van der Waals surface area contributed by atoms with Gasteiger partial charge in [0.25, 0.3) is 11.8 Å². The maximum Gasteiger partial charge on any atom is 0.255 e. The first-order chi connectivity index (χ1) is 12.4. The first-order valence-electron chi connectivity index (χ1n) is 9.22. The van der Waals surface area contributed by atoms with E-state index in [1.807, 2.05) is 36.9 Å². The van der Waals surface area contributed by atoms with Gasteiger partial charge in [0.1, 0.15) is 0 Å². The fraction of sp³-hybridized carbons (Fsp3) is 0.364. The normalized spacial score (nSPS) is 15.0. The van der Waals surface area contributed by atoms with E-state index in [4.69, 9.17) is 0 Å². The van der Waals surface area contributed by atoms with Crippen molar-refractivity contribution in [3.05, 3.63) is 64.7 Å². The molecule has 3 rings (SSSR count). The van der Waals surface area contributed by atoms with Crippen LogP contribution in [0.3, 0.4) is 0 Å². The number of carbonyl (C=O) groups excluding carboxylic acids is 2. The molecular formula is C22H26N2O2. The number of carbonyl (C=O) groups is 2. The van der Waals surface area contributed by atoms with Gasteiger partial charge in [-0.2, -0.15) is 0 Å². The number of amides is 2. The minimum atomic E-state index is -0.199. The second-order valence-electron chi connectivity index (χ2n) is 7.31. The molecule has 0 unspecified atom stereocenters. The lowest BCUT2D eigenvalue weighted by atomic mass is 9.98. The van der Waals surface area contributed by atoms with E-state index < -0.39 is 0 Å². The molecule has 26 heavy (non-hydrogen) atoms. The SMILES string of the molecule is Cc1ccc(NC(=O)c2cccc(C(=O)N3CCC(C)CC3)c2)cc1C. The van der Waals surface area contributed by atoms with E-state index in [1.165, 1.54) is 5.56 Å². The maximum atomic E-state index is 12.7. The van der Waals surface area contributed by atoms with E-state index in [0.29, 0.717) is 17.0 Å². The number of hydrogen-bond acceptors (Lipinski definition) is 2. The van der Waals surface area contributed by atoms with Gasteiger partial charge in [-0.1, -0.05) is 19.1 Å². The summed E-state index contributed by atoms with van der Waals surface area (Å²) in [6, 6.07) is 12.8. The number of nitrogens with zero attached hydrogens (tertiary/aromatic N) is 1. The van der Waals surface area contributed by atoms with E-state index in [-0.39, 0.29) is 11.8 Å². The van der Waals surface area contributed by atoms with Crippen LogP contribution in [-0.2, 0) is 0 Å². The summed E-state index contributed by atoms with van der Waals surface area (Å²) < 4.78 is 0. The highest BCUT2D eigenvalue weighted by Gasteiger charge is 2.22. The van der Waals surface area contributed by atoms with Gasteiger partial charge in [-0.3, -0.25) is 9.59 Å². The molecule has 0 radical (unpaired) electrons. The Morgan fingerprint density at radius 2 is 1.65 bits per heavy atom. The van der Waals surface area contributed by atoms with E-state index in [0.717, 1.165) is 37.2 Å². The minimum Gasteiger partial charge on any atom is -0.339 e. The molecule has 0 aromatic heterocycles. The summed E-state index contributed by atoms with van der Waals surface area (Å²) in [4.78, 5) is 27.2. The van der Waals surface area contributed by atoms with Crippen molar-refractivity contribution in [2.45, 2.75) is 33.6 Å². The number of likely N-dealkylation sites (tertiary alicyclic amines) is 1. The van der Waals surface area contributed by atoms with Gasteiger partial charge in [0.2, 0.25) is 0 Å². The zero-order valence-electron chi connectivity index (χ0n) is 15.7. The third-order valence-electron chi connectivity index (χ3n) is 5.21. The average molecular weight is 350 g/mol. The first-order valence-corrected chi connectivity index (χ1v) is 9.22. The van der Waals surface area contributed by atoms with Crippen LogP contribution in [0.15, 0.2) is 42.5 Å². The van der Waals surface area contributed by atoms with E-state index in [1.54, 1.807) is 24.3 Å². The number of anilines is 1.